The van der Waals surface area contributed by atoms with E-state index < -0.39 is 12.1 Å². The molecule has 4 aromatic carbocycles. The van der Waals surface area contributed by atoms with Gasteiger partial charge in [0.1, 0.15) is 6.04 Å². The molecule has 0 aromatic heterocycles. The second kappa shape index (κ2) is 12.0. The van der Waals surface area contributed by atoms with Crippen LogP contribution in [0.1, 0.15) is 22.3 Å². The first-order valence-electron chi connectivity index (χ1n) is 11.6. The van der Waals surface area contributed by atoms with Crippen LogP contribution in [0.25, 0.3) is 0 Å². The third-order valence-corrected chi connectivity index (χ3v) is 5.67. The van der Waals surface area contributed by atoms with Crippen LogP contribution < -0.4 is 16.0 Å². The average Bonchev–Trinajstić information content (AvgIpc) is 2.90. The first kappa shape index (κ1) is 24.2. The Bertz CT molecular complexity index is 1360. The fourth-order valence-corrected chi connectivity index (χ4v) is 3.88. The minimum absolute atomic E-state index is 0.319. The van der Waals surface area contributed by atoms with Crippen molar-refractivity contribution in [1.29, 1.82) is 5.26 Å². The van der Waals surface area contributed by atoms with Gasteiger partial charge < -0.3 is 16.0 Å². The SMILES string of the molecule is N#Cc1cccc(NC(=O)NC(Cc2ccccc2)C(=O)Nc2ccccc2Cc2ccccc2)c1. The first-order valence-corrected chi connectivity index (χ1v) is 11.6. The number of carbonyl (C=O) groups is 2. The fourth-order valence-electron chi connectivity index (χ4n) is 3.88. The number of urea groups is 1. The Labute approximate surface area is 210 Å². The van der Waals surface area contributed by atoms with Crippen molar-refractivity contribution in [1.82, 2.24) is 5.32 Å². The Morgan fingerprint density at radius 1 is 0.750 bits per heavy atom. The third kappa shape index (κ3) is 6.81. The molecule has 178 valence electrons. The molecule has 4 rings (SSSR count). The van der Waals surface area contributed by atoms with Gasteiger partial charge in [-0.3, -0.25) is 4.79 Å². The molecule has 3 amide bonds. The molecule has 0 heterocycles. The molecule has 1 atom stereocenters. The minimum atomic E-state index is -0.823. The Balaban J connectivity index is 1.51. The second-order valence-electron chi connectivity index (χ2n) is 8.34. The fraction of sp³-hybridized carbons (Fsp3) is 0.100. The maximum absolute atomic E-state index is 13.4. The van der Waals surface area contributed by atoms with Crippen LogP contribution in [0.2, 0.25) is 0 Å². The summed E-state index contributed by atoms with van der Waals surface area (Å²) in [6.45, 7) is 0. The number of rotatable bonds is 8. The Morgan fingerprint density at radius 3 is 2.14 bits per heavy atom. The largest absolute Gasteiger partial charge is 0.326 e. The second-order valence-corrected chi connectivity index (χ2v) is 8.34. The van der Waals surface area contributed by atoms with E-state index >= 15 is 0 Å². The maximum atomic E-state index is 13.4. The van der Waals surface area contributed by atoms with Crippen LogP contribution in [0.15, 0.2) is 109 Å². The number of benzene rings is 4. The summed E-state index contributed by atoms with van der Waals surface area (Å²) in [5.74, 6) is -0.319. The molecular formula is C30H26N4O2. The minimum Gasteiger partial charge on any atom is -0.326 e. The van der Waals surface area contributed by atoms with E-state index in [1.807, 2.05) is 91.0 Å². The van der Waals surface area contributed by atoms with Crippen molar-refractivity contribution in [3.8, 4) is 6.07 Å². The lowest BCUT2D eigenvalue weighted by Gasteiger charge is -2.20. The summed E-state index contributed by atoms with van der Waals surface area (Å²) in [5, 5.41) is 17.6. The van der Waals surface area contributed by atoms with Crippen LogP contribution in [0.5, 0.6) is 0 Å². The van der Waals surface area contributed by atoms with E-state index in [4.69, 9.17) is 5.26 Å². The highest BCUT2D eigenvalue weighted by Crippen LogP contribution is 2.20. The third-order valence-electron chi connectivity index (χ3n) is 5.67. The number of carbonyl (C=O) groups excluding carboxylic acids is 2. The van der Waals surface area contributed by atoms with Crippen molar-refractivity contribution >= 4 is 23.3 Å². The number of nitriles is 1. The molecule has 0 fully saturated rings. The number of nitrogens with zero attached hydrogens (tertiary/aromatic N) is 1. The van der Waals surface area contributed by atoms with Gasteiger partial charge in [-0.2, -0.15) is 5.26 Å². The number of para-hydroxylation sites is 1. The summed E-state index contributed by atoms with van der Waals surface area (Å²) in [7, 11) is 0. The first-order chi connectivity index (χ1) is 17.6. The molecule has 0 aliphatic carbocycles. The number of amides is 3. The Hall–Kier alpha value is -4.89. The molecule has 0 saturated heterocycles. The molecule has 4 aromatic rings. The normalized spacial score (nSPS) is 11.1. The predicted molar refractivity (Wildman–Crippen MR) is 142 cm³/mol. The van der Waals surface area contributed by atoms with Gasteiger partial charge in [0.2, 0.25) is 5.91 Å². The molecule has 1 unspecified atom stereocenters. The lowest BCUT2D eigenvalue weighted by molar-refractivity contribution is -0.117. The van der Waals surface area contributed by atoms with Gasteiger partial charge >= 0.3 is 6.03 Å². The van der Waals surface area contributed by atoms with Gasteiger partial charge in [0.25, 0.3) is 0 Å². The molecule has 6 nitrogen and oxygen atoms in total. The zero-order valence-electron chi connectivity index (χ0n) is 19.6. The Kier molecular flexibility index (Phi) is 8.08. The van der Waals surface area contributed by atoms with Crippen LogP contribution in [-0.2, 0) is 17.6 Å². The zero-order valence-corrected chi connectivity index (χ0v) is 19.6. The van der Waals surface area contributed by atoms with Crippen molar-refractivity contribution in [2.75, 3.05) is 10.6 Å². The summed E-state index contributed by atoms with van der Waals surface area (Å²) in [5.41, 5.74) is 4.64. The van der Waals surface area contributed by atoms with Gasteiger partial charge in [0.15, 0.2) is 0 Å². The number of anilines is 2. The van der Waals surface area contributed by atoms with Crippen LogP contribution in [0.4, 0.5) is 16.2 Å². The average molecular weight is 475 g/mol. The van der Waals surface area contributed by atoms with E-state index in [-0.39, 0.29) is 5.91 Å². The highest BCUT2D eigenvalue weighted by molar-refractivity contribution is 5.99. The van der Waals surface area contributed by atoms with Gasteiger partial charge in [-0.15, -0.1) is 0 Å². The van der Waals surface area contributed by atoms with Gasteiger partial charge in [0, 0.05) is 17.8 Å². The molecule has 3 N–H and O–H groups in total. The zero-order chi connectivity index (χ0) is 25.2. The highest BCUT2D eigenvalue weighted by Gasteiger charge is 2.22. The van der Waals surface area contributed by atoms with Gasteiger partial charge in [-0.05, 0) is 47.4 Å². The summed E-state index contributed by atoms with van der Waals surface area (Å²) in [6, 6.07) is 34.5. The van der Waals surface area contributed by atoms with Gasteiger partial charge in [0.05, 0.1) is 11.6 Å². The summed E-state index contributed by atoms with van der Waals surface area (Å²) in [6.07, 6.45) is 0.989. The van der Waals surface area contributed by atoms with E-state index in [1.54, 1.807) is 24.3 Å². The predicted octanol–water partition coefficient (Wildman–Crippen LogP) is 5.52. The Morgan fingerprint density at radius 2 is 1.42 bits per heavy atom. The summed E-state index contributed by atoms with van der Waals surface area (Å²) in [4.78, 5) is 26.2. The van der Waals surface area contributed by atoms with E-state index in [1.165, 1.54) is 0 Å². The number of hydrogen-bond acceptors (Lipinski definition) is 3. The monoisotopic (exact) mass is 474 g/mol. The maximum Gasteiger partial charge on any atom is 0.319 e. The van der Waals surface area contributed by atoms with E-state index in [0.717, 1.165) is 16.7 Å². The smallest absolute Gasteiger partial charge is 0.319 e. The van der Waals surface area contributed by atoms with Crippen molar-refractivity contribution in [2.24, 2.45) is 0 Å². The molecule has 0 bridgehead atoms. The molecule has 0 aliphatic rings. The summed E-state index contributed by atoms with van der Waals surface area (Å²) < 4.78 is 0. The van der Waals surface area contributed by atoms with Crippen LogP contribution in [-0.4, -0.2) is 18.0 Å². The van der Waals surface area contributed by atoms with E-state index in [0.29, 0.717) is 29.8 Å². The molecular weight excluding hydrogens is 448 g/mol. The number of hydrogen-bond donors (Lipinski definition) is 3. The standard InChI is InChI=1S/C30H26N4O2/c31-21-24-14-9-16-26(19-24)32-30(36)34-28(20-23-12-5-2-6-13-23)29(35)33-27-17-8-7-15-25(27)18-22-10-3-1-4-11-22/h1-17,19,28H,18,20H2,(H,33,35)(H2,32,34,36). The molecule has 0 aliphatic heterocycles. The molecule has 0 spiro atoms. The van der Waals surface area contributed by atoms with Crippen molar-refractivity contribution < 1.29 is 9.59 Å². The van der Waals surface area contributed by atoms with Gasteiger partial charge in [-0.25, -0.2) is 4.79 Å². The lowest BCUT2D eigenvalue weighted by Crippen LogP contribution is -2.47. The van der Waals surface area contributed by atoms with Crippen molar-refractivity contribution in [3.63, 3.8) is 0 Å². The van der Waals surface area contributed by atoms with E-state index in [2.05, 4.69) is 16.0 Å². The van der Waals surface area contributed by atoms with Crippen molar-refractivity contribution in [2.45, 2.75) is 18.9 Å². The molecule has 0 radical (unpaired) electrons. The van der Waals surface area contributed by atoms with E-state index in [9.17, 15) is 9.59 Å². The molecule has 0 saturated carbocycles. The quantitative estimate of drug-likeness (QED) is 0.314. The number of nitrogens with one attached hydrogen (secondary N) is 3. The summed E-state index contributed by atoms with van der Waals surface area (Å²) >= 11 is 0. The van der Waals surface area contributed by atoms with Gasteiger partial charge in [-0.1, -0.05) is 84.9 Å². The molecule has 6 heteroatoms. The topological polar surface area (TPSA) is 94.0 Å². The van der Waals surface area contributed by atoms with Crippen molar-refractivity contribution in [3.05, 3.63) is 131 Å². The highest BCUT2D eigenvalue weighted by atomic mass is 16.2. The molecule has 36 heavy (non-hydrogen) atoms. The van der Waals surface area contributed by atoms with Crippen LogP contribution >= 0.6 is 0 Å². The van der Waals surface area contributed by atoms with Crippen LogP contribution in [0, 0.1) is 11.3 Å². The lowest BCUT2D eigenvalue weighted by atomic mass is 10.0. The van der Waals surface area contributed by atoms with Crippen LogP contribution in [0.3, 0.4) is 0 Å².